The summed E-state index contributed by atoms with van der Waals surface area (Å²) >= 11 is 1.69. The third-order valence-corrected chi connectivity index (χ3v) is 6.81. The lowest BCUT2D eigenvalue weighted by atomic mass is 9.79. The molecule has 1 N–H and O–H groups in total. The van der Waals surface area contributed by atoms with E-state index in [1.165, 1.54) is 11.1 Å². The lowest BCUT2D eigenvalue weighted by molar-refractivity contribution is -0.141. The molecule has 0 spiro atoms. The predicted molar refractivity (Wildman–Crippen MR) is 119 cm³/mol. The smallest absolute Gasteiger partial charge is 0.251 e. The van der Waals surface area contributed by atoms with Gasteiger partial charge in [0.2, 0.25) is 5.91 Å². The number of benzene rings is 1. The van der Waals surface area contributed by atoms with Gasteiger partial charge in [-0.15, -0.1) is 0 Å². The molecule has 2 aliphatic rings. The van der Waals surface area contributed by atoms with Crippen LogP contribution in [0.15, 0.2) is 41.1 Å². The fraction of sp³-hybridized carbons (Fsp3) is 0.500. The van der Waals surface area contributed by atoms with Gasteiger partial charge in [0.05, 0.1) is 5.41 Å². The molecular weight excluding hydrogens is 396 g/mol. The molecule has 0 bridgehead atoms. The Labute approximate surface area is 182 Å². The average Bonchev–Trinajstić information content (AvgIpc) is 3.49. The summed E-state index contributed by atoms with van der Waals surface area (Å²) in [5.74, 6) is 0.0848. The Morgan fingerprint density at radius 2 is 2.03 bits per heavy atom. The van der Waals surface area contributed by atoms with Crippen LogP contribution >= 0.6 is 11.3 Å². The first-order valence-corrected chi connectivity index (χ1v) is 11.7. The first kappa shape index (κ1) is 21.1. The molecule has 4 rings (SSSR count). The summed E-state index contributed by atoms with van der Waals surface area (Å²) in [6, 6.07) is 10.6. The van der Waals surface area contributed by atoms with Gasteiger partial charge < -0.3 is 15.0 Å². The molecule has 2 fully saturated rings. The lowest BCUT2D eigenvalue weighted by Gasteiger charge is -2.30. The van der Waals surface area contributed by atoms with Crippen molar-refractivity contribution in [2.24, 2.45) is 5.41 Å². The number of nitrogens with zero attached hydrogens (tertiary/aromatic N) is 1. The van der Waals surface area contributed by atoms with Crippen molar-refractivity contribution < 1.29 is 14.3 Å². The van der Waals surface area contributed by atoms with E-state index >= 15 is 0 Å². The first-order valence-electron chi connectivity index (χ1n) is 10.8. The minimum absolute atomic E-state index is 0.0412. The number of ether oxygens (including phenoxy) is 1. The predicted octanol–water partition coefficient (Wildman–Crippen LogP) is 3.88. The number of carbonyl (C=O) groups excluding carboxylic acids is 2. The largest absolute Gasteiger partial charge is 0.368 e. The number of nitrogens with one attached hydrogen (secondary N) is 1. The summed E-state index contributed by atoms with van der Waals surface area (Å²) in [6.07, 6.45) is 2.68. The highest BCUT2D eigenvalue weighted by Crippen LogP contribution is 2.36. The summed E-state index contributed by atoms with van der Waals surface area (Å²) in [5.41, 5.74) is 2.93. The fourth-order valence-electron chi connectivity index (χ4n) is 4.50. The van der Waals surface area contributed by atoms with Gasteiger partial charge >= 0.3 is 0 Å². The molecule has 0 aliphatic carbocycles. The van der Waals surface area contributed by atoms with Gasteiger partial charge in [-0.2, -0.15) is 11.3 Å². The maximum Gasteiger partial charge on any atom is 0.251 e. The van der Waals surface area contributed by atoms with Crippen LogP contribution in [0.4, 0.5) is 0 Å². The zero-order chi connectivity index (χ0) is 21.1. The fourth-order valence-corrected chi connectivity index (χ4v) is 5.16. The Kier molecular flexibility index (Phi) is 6.25. The van der Waals surface area contributed by atoms with Gasteiger partial charge in [-0.1, -0.05) is 24.3 Å². The molecule has 6 heteroatoms. The van der Waals surface area contributed by atoms with E-state index in [1.807, 2.05) is 18.7 Å². The van der Waals surface area contributed by atoms with Crippen molar-refractivity contribution in [1.82, 2.24) is 10.2 Å². The van der Waals surface area contributed by atoms with E-state index in [2.05, 4.69) is 46.4 Å². The molecule has 2 amide bonds. The molecule has 0 radical (unpaired) electrons. The number of hydrogen-bond acceptors (Lipinski definition) is 4. The maximum atomic E-state index is 13.2. The van der Waals surface area contributed by atoms with Crippen LogP contribution in [0.1, 0.15) is 38.7 Å². The monoisotopic (exact) mass is 426 g/mol. The summed E-state index contributed by atoms with van der Waals surface area (Å²) in [5, 5.41) is 7.31. The number of thiophene rings is 1. The van der Waals surface area contributed by atoms with Gasteiger partial charge in [-0.3, -0.25) is 9.59 Å². The maximum absolute atomic E-state index is 13.2. The van der Waals surface area contributed by atoms with Crippen LogP contribution in [0.2, 0.25) is 0 Å². The molecule has 160 valence electrons. The zero-order valence-electron chi connectivity index (χ0n) is 17.7. The zero-order valence-corrected chi connectivity index (χ0v) is 18.5. The quantitative estimate of drug-likeness (QED) is 0.763. The molecule has 1 aromatic carbocycles. The molecule has 2 aliphatic heterocycles. The summed E-state index contributed by atoms with van der Waals surface area (Å²) < 4.78 is 5.60. The third-order valence-electron chi connectivity index (χ3n) is 6.12. The number of carbonyl (C=O) groups is 2. The highest BCUT2D eigenvalue weighted by Gasteiger charge is 2.47. The molecule has 3 heterocycles. The SMILES string of the molecule is CC(C)NC(=O)[C@@]1(Cc2ccc(-c3ccsc3)cc2)CCN(C(=O)[C@@H]2CCCO2)C1. The van der Waals surface area contributed by atoms with Crippen LogP contribution in [0, 0.1) is 5.41 Å². The minimum Gasteiger partial charge on any atom is -0.368 e. The minimum atomic E-state index is -0.595. The number of likely N-dealkylation sites (tertiary alicyclic amines) is 1. The van der Waals surface area contributed by atoms with Crippen LogP contribution in [0.5, 0.6) is 0 Å². The Morgan fingerprint density at radius 3 is 2.67 bits per heavy atom. The molecule has 5 nitrogen and oxygen atoms in total. The molecule has 0 unspecified atom stereocenters. The molecule has 0 saturated carbocycles. The Morgan fingerprint density at radius 1 is 1.23 bits per heavy atom. The second-order valence-electron chi connectivity index (χ2n) is 8.81. The van der Waals surface area contributed by atoms with E-state index in [9.17, 15) is 9.59 Å². The molecule has 2 saturated heterocycles. The molecule has 2 atom stereocenters. The van der Waals surface area contributed by atoms with Gasteiger partial charge in [0.1, 0.15) is 6.10 Å². The van der Waals surface area contributed by atoms with Gasteiger partial charge in [0.15, 0.2) is 0 Å². The van der Waals surface area contributed by atoms with Crippen LogP contribution in [-0.2, 0) is 20.7 Å². The number of hydrogen-bond donors (Lipinski definition) is 1. The van der Waals surface area contributed by atoms with Crippen molar-refractivity contribution in [1.29, 1.82) is 0 Å². The van der Waals surface area contributed by atoms with Crippen LogP contribution in [-0.4, -0.2) is 48.6 Å². The lowest BCUT2D eigenvalue weighted by Crippen LogP contribution is -2.48. The number of rotatable bonds is 6. The Bertz CT molecular complexity index is 872. The summed E-state index contributed by atoms with van der Waals surface area (Å²) in [4.78, 5) is 28.0. The summed E-state index contributed by atoms with van der Waals surface area (Å²) in [7, 11) is 0. The highest BCUT2D eigenvalue weighted by molar-refractivity contribution is 7.08. The number of amides is 2. The first-order chi connectivity index (χ1) is 14.5. The average molecular weight is 427 g/mol. The standard InChI is InChI=1S/C24H30N2O3S/c1-17(2)25-23(28)24(10-11-26(16-24)22(27)21-4-3-12-29-21)14-18-5-7-19(8-6-18)20-9-13-30-15-20/h5-9,13,15,17,21H,3-4,10-12,14,16H2,1-2H3,(H,25,28)/t21-,24+/m0/s1. The van der Waals surface area contributed by atoms with Gasteiger partial charge in [-0.25, -0.2) is 0 Å². The molecule has 30 heavy (non-hydrogen) atoms. The van der Waals surface area contributed by atoms with Crippen molar-refractivity contribution >= 4 is 23.2 Å². The second kappa shape index (κ2) is 8.90. The van der Waals surface area contributed by atoms with E-state index in [4.69, 9.17) is 4.74 Å². The van der Waals surface area contributed by atoms with Crippen molar-refractivity contribution in [2.45, 2.75) is 51.7 Å². The van der Waals surface area contributed by atoms with Crippen molar-refractivity contribution in [3.63, 3.8) is 0 Å². The van der Waals surface area contributed by atoms with E-state index < -0.39 is 5.41 Å². The van der Waals surface area contributed by atoms with Gasteiger partial charge in [-0.05, 0) is 73.0 Å². The van der Waals surface area contributed by atoms with Crippen molar-refractivity contribution in [3.8, 4) is 11.1 Å². The van der Waals surface area contributed by atoms with E-state index in [0.29, 0.717) is 32.5 Å². The second-order valence-corrected chi connectivity index (χ2v) is 9.59. The van der Waals surface area contributed by atoms with E-state index in [0.717, 1.165) is 18.4 Å². The van der Waals surface area contributed by atoms with Gasteiger partial charge in [0.25, 0.3) is 5.91 Å². The topological polar surface area (TPSA) is 58.6 Å². The van der Waals surface area contributed by atoms with Crippen LogP contribution < -0.4 is 5.32 Å². The Balaban J connectivity index is 1.53. The van der Waals surface area contributed by atoms with Crippen molar-refractivity contribution in [3.05, 3.63) is 46.7 Å². The van der Waals surface area contributed by atoms with Gasteiger partial charge in [0, 0.05) is 25.7 Å². The van der Waals surface area contributed by atoms with E-state index in [1.54, 1.807) is 11.3 Å². The summed E-state index contributed by atoms with van der Waals surface area (Å²) in [6.45, 7) is 5.67. The molecule has 1 aromatic heterocycles. The third kappa shape index (κ3) is 4.44. The highest BCUT2D eigenvalue weighted by atomic mass is 32.1. The molecule has 2 aromatic rings. The van der Waals surface area contributed by atoms with E-state index in [-0.39, 0.29) is 24.0 Å². The molecular formula is C24H30N2O3S. The Hall–Kier alpha value is -2.18. The normalized spacial score (nSPS) is 23.8. The van der Waals surface area contributed by atoms with Crippen LogP contribution in [0.25, 0.3) is 11.1 Å². The van der Waals surface area contributed by atoms with Crippen LogP contribution in [0.3, 0.4) is 0 Å². The van der Waals surface area contributed by atoms with Crippen molar-refractivity contribution in [2.75, 3.05) is 19.7 Å².